The van der Waals surface area contributed by atoms with Crippen molar-refractivity contribution in [3.05, 3.63) is 52.9 Å². The number of amides is 4. The van der Waals surface area contributed by atoms with Gasteiger partial charge in [-0.05, 0) is 24.5 Å². The topological polar surface area (TPSA) is 105 Å². The van der Waals surface area contributed by atoms with Crippen LogP contribution in [0.4, 0.5) is 4.79 Å². The van der Waals surface area contributed by atoms with Crippen LogP contribution in [0.2, 0.25) is 0 Å². The number of urea groups is 1. The van der Waals surface area contributed by atoms with Crippen molar-refractivity contribution in [3.63, 3.8) is 0 Å². The van der Waals surface area contributed by atoms with Crippen LogP contribution in [0.5, 0.6) is 0 Å². The number of barbiturate groups is 1. The fourth-order valence-electron chi connectivity index (χ4n) is 4.19. The Kier molecular flexibility index (Phi) is 3.17. The number of ether oxygens (including phenoxy) is 1. The summed E-state index contributed by atoms with van der Waals surface area (Å²) in [5, 5.41) is 4.17. The van der Waals surface area contributed by atoms with Gasteiger partial charge in [-0.15, -0.1) is 0 Å². The number of allylic oxidation sites excluding steroid dienone is 1. The van der Waals surface area contributed by atoms with Crippen molar-refractivity contribution < 1.29 is 23.9 Å². The lowest BCUT2D eigenvalue weighted by Gasteiger charge is -2.49. The smallest absolute Gasteiger partial charge is 0.323 e. The highest BCUT2D eigenvalue weighted by Crippen LogP contribution is 2.48. The van der Waals surface area contributed by atoms with Crippen molar-refractivity contribution >= 4 is 29.7 Å². The number of hydrogen-bond acceptors (Lipinski definition) is 6. The predicted octanol–water partition coefficient (Wildman–Crippen LogP) is 1.11. The van der Waals surface area contributed by atoms with Crippen molar-refractivity contribution in [2.75, 3.05) is 0 Å². The Morgan fingerprint density at radius 1 is 1.04 bits per heavy atom. The zero-order chi connectivity index (χ0) is 18.8. The van der Waals surface area contributed by atoms with E-state index >= 15 is 0 Å². The van der Waals surface area contributed by atoms with E-state index in [0.29, 0.717) is 18.5 Å². The van der Waals surface area contributed by atoms with E-state index in [1.165, 1.54) is 0 Å². The average Bonchev–Trinajstić information content (AvgIpc) is 2.65. The van der Waals surface area contributed by atoms with Gasteiger partial charge in [0.05, 0.1) is 5.57 Å². The second-order valence-electron chi connectivity index (χ2n) is 6.84. The summed E-state index contributed by atoms with van der Waals surface area (Å²) in [6.07, 6.45) is 4.33. The zero-order valence-electron chi connectivity index (χ0n) is 14.2. The molecule has 136 valence electrons. The molecule has 0 aromatic heterocycles. The van der Waals surface area contributed by atoms with Gasteiger partial charge in [-0.25, -0.2) is 4.79 Å². The lowest BCUT2D eigenvalue weighted by Crippen LogP contribution is -2.71. The lowest BCUT2D eigenvalue weighted by molar-refractivity contribution is -0.181. The van der Waals surface area contributed by atoms with E-state index in [1.807, 2.05) is 30.3 Å². The number of benzene rings is 1. The van der Waals surface area contributed by atoms with Gasteiger partial charge in [0.15, 0.2) is 12.0 Å². The van der Waals surface area contributed by atoms with Crippen molar-refractivity contribution in [3.8, 4) is 0 Å². The molecule has 1 aromatic rings. The van der Waals surface area contributed by atoms with Gasteiger partial charge in [0.25, 0.3) is 17.4 Å². The molecule has 1 fully saturated rings. The molecule has 3 heterocycles. The van der Waals surface area contributed by atoms with E-state index in [9.17, 15) is 19.2 Å². The third-order valence-electron chi connectivity index (χ3n) is 5.36. The molecule has 2 N–H and O–H groups in total. The van der Waals surface area contributed by atoms with Crippen LogP contribution in [0.25, 0.3) is 6.08 Å². The Balaban J connectivity index is 1.77. The summed E-state index contributed by atoms with van der Waals surface area (Å²) in [6, 6.07) is 6.55. The maximum Gasteiger partial charge on any atom is 0.328 e. The van der Waals surface area contributed by atoms with E-state index in [1.54, 1.807) is 11.1 Å². The van der Waals surface area contributed by atoms with Gasteiger partial charge >= 0.3 is 6.03 Å². The van der Waals surface area contributed by atoms with Gasteiger partial charge < -0.3 is 9.64 Å². The molecule has 5 rings (SSSR count). The van der Waals surface area contributed by atoms with E-state index in [-0.39, 0.29) is 17.8 Å². The van der Waals surface area contributed by atoms with Gasteiger partial charge in [-0.2, -0.15) is 0 Å². The summed E-state index contributed by atoms with van der Waals surface area (Å²) >= 11 is 0. The number of fused-ring (bicyclic) bond motifs is 5. The highest BCUT2D eigenvalue weighted by atomic mass is 16.5. The van der Waals surface area contributed by atoms with Crippen LogP contribution in [0.3, 0.4) is 0 Å². The molecule has 8 nitrogen and oxygen atoms in total. The first-order chi connectivity index (χ1) is 13.0. The second kappa shape index (κ2) is 5.37. The molecule has 0 radical (unpaired) electrons. The fraction of sp³-hybridized carbons (Fsp3) is 0.263. The van der Waals surface area contributed by atoms with E-state index in [0.717, 1.165) is 11.1 Å². The lowest BCUT2D eigenvalue weighted by atomic mass is 9.78. The average molecular weight is 365 g/mol. The minimum Gasteiger partial charge on any atom is -0.323 e. The monoisotopic (exact) mass is 365 g/mol. The minimum absolute atomic E-state index is 0.0246. The first-order valence-electron chi connectivity index (χ1n) is 8.69. The summed E-state index contributed by atoms with van der Waals surface area (Å²) in [5.74, 6) is -2.17. The van der Waals surface area contributed by atoms with Gasteiger partial charge in [0, 0.05) is 23.9 Å². The Morgan fingerprint density at radius 2 is 1.78 bits per heavy atom. The van der Waals surface area contributed by atoms with Crippen LogP contribution in [0.15, 0.2) is 41.7 Å². The second-order valence-corrected chi connectivity index (χ2v) is 6.84. The van der Waals surface area contributed by atoms with E-state index in [4.69, 9.17) is 4.74 Å². The fourth-order valence-corrected chi connectivity index (χ4v) is 4.19. The number of carbonyl (C=O) groups is 4. The number of carbonyl (C=O) groups excluding carboxylic acids is 4. The molecule has 0 bridgehead atoms. The molecule has 1 aromatic carbocycles. The molecule has 1 aliphatic carbocycles. The summed E-state index contributed by atoms with van der Waals surface area (Å²) in [4.78, 5) is 51.8. The zero-order valence-corrected chi connectivity index (χ0v) is 14.2. The van der Waals surface area contributed by atoms with Crippen LogP contribution >= 0.6 is 0 Å². The molecule has 8 heteroatoms. The van der Waals surface area contributed by atoms with Crippen LogP contribution in [0.1, 0.15) is 36.6 Å². The Labute approximate surface area is 153 Å². The quantitative estimate of drug-likeness (QED) is 0.668. The first-order valence-corrected chi connectivity index (χ1v) is 8.69. The standard InChI is InChI=1S/C19H15N3O5/c23-13-7-3-6-12-14(13)19(16(24)20-18(26)21-17(19)25)27-15-11-5-2-1-4-10(11)8-9-22(12)15/h1-2,4-5,8-9,15H,3,6-7H2,(H2,20,21,24,25,26)/t15-/m1/s1. The van der Waals surface area contributed by atoms with Crippen LogP contribution < -0.4 is 10.6 Å². The largest absolute Gasteiger partial charge is 0.328 e. The molecule has 1 atom stereocenters. The van der Waals surface area contributed by atoms with E-state index in [2.05, 4.69) is 10.6 Å². The van der Waals surface area contributed by atoms with Crippen LogP contribution in [-0.2, 0) is 19.1 Å². The molecule has 1 saturated heterocycles. The Hall–Kier alpha value is -3.26. The van der Waals surface area contributed by atoms with Crippen LogP contribution in [0, 0.1) is 0 Å². The Bertz CT molecular complexity index is 973. The third kappa shape index (κ3) is 2.01. The maximum absolute atomic E-state index is 12.8. The molecule has 1 spiro atoms. The number of imide groups is 2. The summed E-state index contributed by atoms with van der Waals surface area (Å²) < 4.78 is 6.08. The van der Waals surface area contributed by atoms with Crippen molar-refractivity contribution in [1.29, 1.82) is 0 Å². The normalized spacial score (nSPS) is 25.6. The summed E-state index contributed by atoms with van der Waals surface area (Å²) in [5.41, 5.74) is 0.124. The number of Topliss-reactive ketones (excluding diaryl/α,β-unsaturated/α-hetero) is 1. The molecule has 3 aliphatic heterocycles. The van der Waals surface area contributed by atoms with Crippen LogP contribution in [-0.4, -0.2) is 34.1 Å². The number of rotatable bonds is 0. The molecule has 0 saturated carbocycles. The highest BCUT2D eigenvalue weighted by Gasteiger charge is 2.62. The molecular formula is C19H15N3O5. The number of nitrogens with one attached hydrogen (secondary N) is 2. The summed E-state index contributed by atoms with van der Waals surface area (Å²) in [7, 11) is 0. The van der Waals surface area contributed by atoms with Gasteiger partial charge in [-0.1, -0.05) is 24.3 Å². The minimum atomic E-state index is -2.17. The summed E-state index contributed by atoms with van der Waals surface area (Å²) in [6.45, 7) is 0. The van der Waals surface area contributed by atoms with Crippen molar-refractivity contribution in [2.24, 2.45) is 0 Å². The molecule has 4 amide bonds. The van der Waals surface area contributed by atoms with Gasteiger partial charge in [0.2, 0.25) is 0 Å². The predicted molar refractivity (Wildman–Crippen MR) is 91.4 cm³/mol. The highest BCUT2D eigenvalue weighted by molar-refractivity contribution is 6.28. The molecule has 0 unspecified atom stereocenters. The number of nitrogens with zero attached hydrogens (tertiary/aromatic N) is 1. The van der Waals surface area contributed by atoms with Crippen molar-refractivity contribution in [1.82, 2.24) is 15.5 Å². The SMILES string of the molecule is O=C1NC(=O)C2(O[C@@H]3c4ccccc4C=CN3C3=C2C(=O)CCC3)C(=O)N1. The molecule has 27 heavy (non-hydrogen) atoms. The van der Waals surface area contributed by atoms with Gasteiger partial charge in [0.1, 0.15) is 0 Å². The first kappa shape index (κ1) is 16.0. The third-order valence-corrected chi connectivity index (χ3v) is 5.36. The number of ketones is 1. The van der Waals surface area contributed by atoms with Gasteiger partial charge in [-0.3, -0.25) is 25.0 Å². The molecular weight excluding hydrogens is 350 g/mol. The molecule has 4 aliphatic rings. The maximum atomic E-state index is 12.8. The van der Waals surface area contributed by atoms with E-state index < -0.39 is 29.7 Å². The number of hydrogen-bond donors (Lipinski definition) is 2. The Morgan fingerprint density at radius 3 is 2.56 bits per heavy atom. The van der Waals surface area contributed by atoms with Crippen molar-refractivity contribution in [2.45, 2.75) is 31.1 Å².